The van der Waals surface area contributed by atoms with Gasteiger partial charge in [0.2, 0.25) is 0 Å². The Balaban J connectivity index is 1.41. The van der Waals surface area contributed by atoms with E-state index in [9.17, 15) is 4.79 Å². The Kier molecular flexibility index (Phi) is 4.43. The number of piperidine rings is 1. The predicted octanol–water partition coefficient (Wildman–Crippen LogP) is 2.69. The predicted molar refractivity (Wildman–Crippen MR) is 93.9 cm³/mol. The average Bonchev–Trinajstić information content (AvgIpc) is 3.22. The summed E-state index contributed by atoms with van der Waals surface area (Å²) in [6.45, 7) is 3.83. The summed E-state index contributed by atoms with van der Waals surface area (Å²) in [5.74, 6) is 0.762. The zero-order valence-corrected chi connectivity index (χ0v) is 15.0. The van der Waals surface area contributed by atoms with Gasteiger partial charge in [0.25, 0.3) is 5.91 Å². The van der Waals surface area contributed by atoms with Gasteiger partial charge in [-0.1, -0.05) is 0 Å². The molecule has 0 N–H and O–H groups in total. The van der Waals surface area contributed by atoms with Crippen molar-refractivity contribution >= 4 is 17.2 Å². The van der Waals surface area contributed by atoms with E-state index >= 15 is 0 Å². The van der Waals surface area contributed by atoms with Crippen LogP contribution in [-0.4, -0.2) is 52.2 Å². The molecule has 0 radical (unpaired) electrons. The van der Waals surface area contributed by atoms with Crippen molar-refractivity contribution in [2.75, 3.05) is 19.7 Å². The second-order valence-corrected chi connectivity index (χ2v) is 7.77. The Hall–Kier alpha value is -1.99. The van der Waals surface area contributed by atoms with E-state index < -0.39 is 0 Å². The van der Waals surface area contributed by atoms with Crippen molar-refractivity contribution in [3.63, 3.8) is 0 Å². The zero-order valence-electron chi connectivity index (χ0n) is 14.2. The standard InChI is InChI=1S/C18H21N3O3S/c1-13-20-16(11-25-13)17(22)21-7-3-5-18(12-21)8-15(10-23-18)24-14-4-2-6-19-9-14/h2,4,6,9,11,15H,3,5,7-8,10,12H2,1H3/t15-,18+/m1/s1. The summed E-state index contributed by atoms with van der Waals surface area (Å²) in [5, 5.41) is 2.75. The topological polar surface area (TPSA) is 64.6 Å². The van der Waals surface area contributed by atoms with Crippen LogP contribution in [0.3, 0.4) is 0 Å². The van der Waals surface area contributed by atoms with Crippen LogP contribution in [0.15, 0.2) is 29.9 Å². The highest BCUT2D eigenvalue weighted by molar-refractivity contribution is 7.09. The maximum absolute atomic E-state index is 12.7. The second kappa shape index (κ2) is 6.72. The first-order valence-electron chi connectivity index (χ1n) is 8.56. The summed E-state index contributed by atoms with van der Waals surface area (Å²) in [4.78, 5) is 23.0. The number of hydrogen-bond donors (Lipinski definition) is 0. The van der Waals surface area contributed by atoms with Crippen LogP contribution < -0.4 is 4.74 Å². The highest BCUT2D eigenvalue weighted by Gasteiger charge is 2.45. The molecule has 2 fully saturated rings. The summed E-state index contributed by atoms with van der Waals surface area (Å²) >= 11 is 1.51. The van der Waals surface area contributed by atoms with Gasteiger partial charge in [0, 0.05) is 24.5 Å². The van der Waals surface area contributed by atoms with Crippen LogP contribution in [0.5, 0.6) is 5.75 Å². The number of ether oxygens (including phenoxy) is 2. The van der Waals surface area contributed by atoms with Gasteiger partial charge < -0.3 is 14.4 Å². The molecular weight excluding hydrogens is 338 g/mol. The van der Waals surface area contributed by atoms with Crippen molar-refractivity contribution in [1.82, 2.24) is 14.9 Å². The molecule has 0 unspecified atom stereocenters. The van der Waals surface area contributed by atoms with Crippen molar-refractivity contribution in [3.05, 3.63) is 40.6 Å². The van der Waals surface area contributed by atoms with Gasteiger partial charge in [-0.05, 0) is 31.9 Å². The van der Waals surface area contributed by atoms with Gasteiger partial charge in [0.05, 0.1) is 30.0 Å². The molecule has 2 aliphatic rings. The fourth-order valence-corrected chi connectivity index (χ4v) is 4.25. The maximum Gasteiger partial charge on any atom is 0.273 e. The van der Waals surface area contributed by atoms with Crippen molar-refractivity contribution in [1.29, 1.82) is 0 Å². The molecule has 1 spiro atoms. The molecule has 4 rings (SSSR count). The summed E-state index contributed by atoms with van der Waals surface area (Å²) in [5.41, 5.74) is 0.243. The molecule has 0 bridgehead atoms. The summed E-state index contributed by atoms with van der Waals surface area (Å²) < 4.78 is 12.1. The molecular formula is C18H21N3O3S. The Morgan fingerprint density at radius 1 is 1.52 bits per heavy atom. The highest BCUT2D eigenvalue weighted by Crippen LogP contribution is 2.36. The van der Waals surface area contributed by atoms with Crippen LogP contribution >= 0.6 is 11.3 Å². The summed E-state index contributed by atoms with van der Waals surface area (Å²) in [6, 6.07) is 3.76. The lowest BCUT2D eigenvalue weighted by Gasteiger charge is -2.39. The number of pyridine rings is 1. The van der Waals surface area contributed by atoms with Gasteiger partial charge in [-0.15, -0.1) is 11.3 Å². The van der Waals surface area contributed by atoms with E-state index in [0.717, 1.165) is 36.6 Å². The molecule has 132 valence electrons. The van der Waals surface area contributed by atoms with Gasteiger partial charge in [-0.2, -0.15) is 0 Å². The minimum atomic E-state index is -0.300. The molecule has 0 aliphatic carbocycles. The number of carbonyl (C=O) groups is 1. The fourth-order valence-electron chi connectivity index (χ4n) is 3.67. The third kappa shape index (κ3) is 3.52. The monoisotopic (exact) mass is 359 g/mol. The summed E-state index contributed by atoms with van der Waals surface area (Å²) in [7, 11) is 0. The van der Waals surface area contributed by atoms with Crippen molar-refractivity contribution < 1.29 is 14.3 Å². The number of aromatic nitrogens is 2. The van der Waals surface area contributed by atoms with E-state index in [4.69, 9.17) is 9.47 Å². The molecule has 2 atom stereocenters. The van der Waals surface area contributed by atoms with E-state index in [1.807, 2.05) is 29.3 Å². The average molecular weight is 359 g/mol. The first-order chi connectivity index (χ1) is 12.1. The fraction of sp³-hybridized carbons (Fsp3) is 0.500. The molecule has 6 nitrogen and oxygen atoms in total. The van der Waals surface area contributed by atoms with Crippen LogP contribution in [0.25, 0.3) is 0 Å². The number of likely N-dealkylation sites (tertiary alicyclic amines) is 1. The smallest absolute Gasteiger partial charge is 0.273 e. The molecule has 1 amide bonds. The summed E-state index contributed by atoms with van der Waals surface area (Å²) in [6.07, 6.45) is 6.13. The zero-order chi connectivity index (χ0) is 17.3. The molecule has 0 saturated carbocycles. The molecule has 4 heterocycles. The Morgan fingerprint density at radius 3 is 3.20 bits per heavy atom. The third-order valence-electron chi connectivity index (χ3n) is 4.78. The molecule has 2 aromatic rings. The van der Waals surface area contributed by atoms with Crippen LogP contribution in [0.2, 0.25) is 0 Å². The van der Waals surface area contributed by atoms with Crippen molar-refractivity contribution in [3.8, 4) is 5.75 Å². The largest absolute Gasteiger partial charge is 0.486 e. The van der Waals surface area contributed by atoms with E-state index in [-0.39, 0.29) is 17.6 Å². The van der Waals surface area contributed by atoms with Crippen LogP contribution in [0.4, 0.5) is 0 Å². The number of carbonyl (C=O) groups excluding carboxylic acids is 1. The molecule has 7 heteroatoms. The lowest BCUT2D eigenvalue weighted by atomic mass is 9.89. The molecule has 25 heavy (non-hydrogen) atoms. The van der Waals surface area contributed by atoms with Gasteiger partial charge in [-0.25, -0.2) is 4.98 Å². The Bertz CT molecular complexity index is 751. The van der Waals surface area contributed by atoms with E-state index in [2.05, 4.69) is 9.97 Å². The first kappa shape index (κ1) is 16.5. The maximum atomic E-state index is 12.7. The molecule has 2 saturated heterocycles. The van der Waals surface area contributed by atoms with Gasteiger partial charge in [-0.3, -0.25) is 9.78 Å². The highest BCUT2D eigenvalue weighted by atomic mass is 32.1. The van der Waals surface area contributed by atoms with Crippen LogP contribution in [0.1, 0.15) is 34.8 Å². The Labute approximate surface area is 150 Å². The normalized spacial score (nSPS) is 26.1. The van der Waals surface area contributed by atoms with E-state index in [1.54, 1.807) is 12.4 Å². The first-order valence-corrected chi connectivity index (χ1v) is 9.44. The van der Waals surface area contributed by atoms with Gasteiger partial charge in [0.1, 0.15) is 17.5 Å². The van der Waals surface area contributed by atoms with Crippen LogP contribution in [0, 0.1) is 6.92 Å². The number of amides is 1. The molecule has 2 aliphatic heterocycles. The number of aryl methyl sites for hydroxylation is 1. The van der Waals surface area contributed by atoms with Crippen molar-refractivity contribution in [2.24, 2.45) is 0 Å². The second-order valence-electron chi connectivity index (χ2n) is 6.71. The number of thiazole rings is 1. The van der Waals surface area contributed by atoms with E-state index in [1.165, 1.54) is 11.3 Å². The van der Waals surface area contributed by atoms with Gasteiger partial charge in [0.15, 0.2) is 0 Å². The minimum absolute atomic E-state index is 0.000712. The van der Waals surface area contributed by atoms with Crippen LogP contribution in [-0.2, 0) is 4.74 Å². The number of hydrogen-bond acceptors (Lipinski definition) is 6. The Morgan fingerprint density at radius 2 is 2.44 bits per heavy atom. The molecule has 2 aromatic heterocycles. The van der Waals surface area contributed by atoms with Crippen molar-refractivity contribution in [2.45, 2.75) is 37.9 Å². The lowest BCUT2D eigenvalue weighted by molar-refractivity contribution is -0.0454. The minimum Gasteiger partial charge on any atom is -0.486 e. The third-order valence-corrected chi connectivity index (χ3v) is 5.55. The van der Waals surface area contributed by atoms with Gasteiger partial charge >= 0.3 is 0 Å². The van der Waals surface area contributed by atoms with E-state index in [0.29, 0.717) is 18.8 Å². The quantitative estimate of drug-likeness (QED) is 0.843. The number of nitrogens with zero attached hydrogens (tertiary/aromatic N) is 3. The molecule has 0 aromatic carbocycles. The lowest BCUT2D eigenvalue weighted by Crippen LogP contribution is -2.50. The number of rotatable bonds is 3. The SMILES string of the molecule is Cc1nc(C(=O)N2CCC[C@]3(C[C@@H](Oc4cccnc4)CO3)C2)cs1.